The van der Waals surface area contributed by atoms with Gasteiger partial charge in [-0.1, -0.05) is 29.8 Å². The largest absolute Gasteiger partial charge is 0.349 e. The van der Waals surface area contributed by atoms with E-state index in [4.69, 9.17) is 0 Å². The molecular weight excluding hydrogens is 401 g/mol. The summed E-state index contributed by atoms with van der Waals surface area (Å²) < 4.78 is 1.14. The first-order chi connectivity index (χ1) is 7.54. The van der Waals surface area contributed by atoms with E-state index in [9.17, 15) is 4.79 Å². The lowest BCUT2D eigenvalue weighted by Gasteiger charge is -2.21. The average molecular weight is 416 g/mol. The molecule has 1 unspecified atom stereocenters. The molecule has 0 aliphatic heterocycles. The molecule has 0 aliphatic carbocycles. The monoisotopic (exact) mass is 415 g/mol. The summed E-state index contributed by atoms with van der Waals surface area (Å²) in [6.45, 7) is 4.26. The number of nitrogens with one attached hydrogen (secondary N) is 1. The Morgan fingerprint density at radius 2 is 2.31 bits per heavy atom. The average Bonchev–Trinajstić information content (AvgIpc) is 2.64. The Bertz CT molecular complexity index is 354. The second-order valence-corrected chi connectivity index (χ2v) is 7.54. The highest BCUT2D eigenvalue weighted by molar-refractivity contribution is 14.1. The summed E-state index contributed by atoms with van der Waals surface area (Å²) in [7, 11) is 0. The molecule has 0 bridgehead atoms. The Balaban J connectivity index is 2.61. The lowest BCUT2D eigenvalue weighted by Crippen LogP contribution is -2.38. The van der Waals surface area contributed by atoms with E-state index in [2.05, 4.69) is 57.7 Å². The molecule has 16 heavy (non-hydrogen) atoms. The molecule has 0 aromatic carbocycles. The fraction of sp³-hybridized carbons (Fsp3) is 0.545. The molecule has 0 aliphatic rings. The van der Waals surface area contributed by atoms with E-state index in [0.29, 0.717) is 5.92 Å². The smallest absolute Gasteiger partial charge is 0.252 e. The molecule has 1 rings (SSSR count). The van der Waals surface area contributed by atoms with Crippen LogP contribution in [-0.2, 0) is 0 Å². The first kappa shape index (κ1) is 14.4. The summed E-state index contributed by atoms with van der Waals surface area (Å²) in [4.78, 5) is 11.9. The maximum atomic E-state index is 11.9. The van der Waals surface area contributed by atoms with Crippen LogP contribution in [0.25, 0.3) is 0 Å². The highest BCUT2D eigenvalue weighted by atomic mass is 127. The van der Waals surface area contributed by atoms with E-state index in [1.54, 1.807) is 11.3 Å². The van der Waals surface area contributed by atoms with E-state index in [0.717, 1.165) is 20.2 Å². The maximum Gasteiger partial charge on any atom is 0.252 e. The molecule has 1 heterocycles. The van der Waals surface area contributed by atoms with Crippen molar-refractivity contribution >= 4 is 55.8 Å². The molecule has 1 atom stereocenters. The van der Waals surface area contributed by atoms with Gasteiger partial charge in [-0.2, -0.15) is 0 Å². The molecule has 1 amide bonds. The predicted molar refractivity (Wildman–Crippen MR) is 81.5 cm³/mol. The zero-order chi connectivity index (χ0) is 12.1. The third kappa shape index (κ3) is 4.33. The van der Waals surface area contributed by atoms with Crippen LogP contribution in [0.5, 0.6) is 0 Å². The number of amides is 1. The van der Waals surface area contributed by atoms with Gasteiger partial charge in [0.15, 0.2) is 0 Å². The molecule has 5 heteroatoms. The first-order valence-electron chi connectivity index (χ1n) is 5.15. The molecule has 0 fully saturated rings. The Morgan fingerprint density at radius 1 is 1.62 bits per heavy atom. The van der Waals surface area contributed by atoms with Crippen LogP contribution >= 0.6 is 49.9 Å². The molecule has 1 aromatic rings. The van der Waals surface area contributed by atoms with Gasteiger partial charge in [-0.3, -0.25) is 4.79 Å². The Hall–Kier alpha value is 0.380. The number of hydrogen-bond acceptors (Lipinski definition) is 2. The van der Waals surface area contributed by atoms with Crippen molar-refractivity contribution < 1.29 is 4.79 Å². The number of halogens is 2. The van der Waals surface area contributed by atoms with Crippen molar-refractivity contribution in [3.63, 3.8) is 0 Å². The van der Waals surface area contributed by atoms with E-state index >= 15 is 0 Å². The third-order valence-corrected chi connectivity index (χ3v) is 4.62. The number of rotatable bonds is 5. The van der Waals surface area contributed by atoms with Crippen LogP contribution in [0.15, 0.2) is 11.4 Å². The fourth-order valence-corrected chi connectivity index (χ4v) is 3.19. The minimum Gasteiger partial charge on any atom is -0.349 e. The van der Waals surface area contributed by atoms with Crippen LogP contribution in [0, 0.1) is 8.80 Å². The normalized spacial score (nSPS) is 12.8. The van der Waals surface area contributed by atoms with Gasteiger partial charge in [0.25, 0.3) is 5.91 Å². The summed E-state index contributed by atoms with van der Waals surface area (Å²) >= 11 is 7.25. The van der Waals surface area contributed by atoms with Gasteiger partial charge < -0.3 is 5.32 Å². The van der Waals surface area contributed by atoms with Crippen molar-refractivity contribution in [2.75, 3.05) is 5.33 Å². The van der Waals surface area contributed by atoms with Crippen molar-refractivity contribution in [2.45, 2.75) is 26.3 Å². The van der Waals surface area contributed by atoms with Crippen LogP contribution < -0.4 is 5.32 Å². The molecule has 90 valence electrons. The number of thiophene rings is 1. The number of carbonyl (C=O) groups excluding carboxylic acids is 1. The van der Waals surface area contributed by atoms with Gasteiger partial charge in [0.1, 0.15) is 0 Å². The Labute approximate surface area is 122 Å². The number of alkyl halides is 1. The zero-order valence-corrected chi connectivity index (χ0v) is 13.9. The van der Waals surface area contributed by atoms with Crippen molar-refractivity contribution in [2.24, 2.45) is 5.92 Å². The minimum atomic E-state index is 0.0406. The molecule has 0 radical (unpaired) electrons. The minimum absolute atomic E-state index is 0.0406. The zero-order valence-electron chi connectivity index (χ0n) is 9.30. The van der Waals surface area contributed by atoms with E-state index in [1.807, 2.05) is 11.4 Å². The molecule has 0 saturated heterocycles. The summed E-state index contributed by atoms with van der Waals surface area (Å²) in [6.07, 6.45) is 0.963. The summed E-state index contributed by atoms with van der Waals surface area (Å²) in [6, 6.07) is 2.16. The number of carbonyl (C=O) groups is 1. The Morgan fingerprint density at radius 3 is 2.75 bits per heavy atom. The van der Waals surface area contributed by atoms with Gasteiger partial charge in [-0.15, -0.1) is 11.3 Å². The first-order valence-corrected chi connectivity index (χ1v) is 8.23. The van der Waals surface area contributed by atoms with Crippen molar-refractivity contribution in [3.8, 4) is 0 Å². The summed E-state index contributed by atoms with van der Waals surface area (Å²) in [5.41, 5.74) is 0.773. The highest BCUT2D eigenvalue weighted by Gasteiger charge is 2.17. The van der Waals surface area contributed by atoms with Gasteiger partial charge in [0.2, 0.25) is 0 Å². The molecule has 0 saturated carbocycles. The summed E-state index contributed by atoms with van der Waals surface area (Å²) in [5.74, 6) is 0.498. The van der Waals surface area contributed by atoms with Crippen LogP contribution in [-0.4, -0.2) is 17.3 Å². The molecular formula is C11H15BrINOS. The quantitative estimate of drug-likeness (QED) is 0.573. The van der Waals surface area contributed by atoms with Crippen molar-refractivity contribution in [1.82, 2.24) is 5.32 Å². The van der Waals surface area contributed by atoms with E-state index in [1.165, 1.54) is 0 Å². The lowest BCUT2D eigenvalue weighted by molar-refractivity contribution is 0.0925. The van der Waals surface area contributed by atoms with Gasteiger partial charge in [0.05, 0.1) is 8.45 Å². The summed E-state index contributed by atoms with van der Waals surface area (Å²) in [5, 5.41) is 5.90. The molecule has 1 N–H and O–H groups in total. The second kappa shape index (κ2) is 6.96. The lowest BCUT2D eigenvalue weighted by atomic mass is 10.0. The van der Waals surface area contributed by atoms with Crippen LogP contribution in [0.2, 0.25) is 0 Å². The second-order valence-electron chi connectivity index (χ2n) is 3.94. The third-order valence-electron chi connectivity index (χ3n) is 2.37. The molecule has 2 nitrogen and oxygen atoms in total. The maximum absolute atomic E-state index is 11.9. The fourth-order valence-electron chi connectivity index (χ4n) is 1.37. The molecule has 1 aromatic heterocycles. The van der Waals surface area contributed by atoms with Gasteiger partial charge in [-0.05, 0) is 41.0 Å². The van der Waals surface area contributed by atoms with Crippen LogP contribution in [0.3, 0.4) is 0 Å². The highest BCUT2D eigenvalue weighted by Crippen LogP contribution is 2.17. The van der Waals surface area contributed by atoms with Gasteiger partial charge >= 0.3 is 0 Å². The predicted octanol–water partition coefficient (Wildman–Crippen LogP) is 3.89. The van der Waals surface area contributed by atoms with Crippen LogP contribution in [0.4, 0.5) is 0 Å². The Kier molecular flexibility index (Phi) is 6.28. The molecule has 0 spiro atoms. The standard InChI is InChI=1S/C11H15BrINOS/c1-7(2)9(3-4-12)14-11(15)8-5-10(13)16-6-8/h5-7,9H,3-4H2,1-2H3,(H,14,15). The van der Waals surface area contributed by atoms with Crippen molar-refractivity contribution in [1.29, 1.82) is 0 Å². The SMILES string of the molecule is CC(C)C(CCBr)NC(=O)c1csc(I)c1. The van der Waals surface area contributed by atoms with E-state index < -0.39 is 0 Å². The van der Waals surface area contributed by atoms with Crippen LogP contribution in [0.1, 0.15) is 30.6 Å². The van der Waals surface area contributed by atoms with E-state index in [-0.39, 0.29) is 11.9 Å². The number of hydrogen-bond donors (Lipinski definition) is 1. The topological polar surface area (TPSA) is 29.1 Å². The van der Waals surface area contributed by atoms with Gasteiger partial charge in [-0.25, -0.2) is 0 Å². The van der Waals surface area contributed by atoms with Crippen molar-refractivity contribution in [3.05, 3.63) is 19.9 Å². The van der Waals surface area contributed by atoms with Gasteiger partial charge in [0, 0.05) is 16.8 Å².